The molecule has 6 atom stereocenters. The van der Waals surface area contributed by atoms with Gasteiger partial charge in [-0.3, -0.25) is 9.32 Å². The summed E-state index contributed by atoms with van der Waals surface area (Å²) in [6.07, 6.45) is -3.08. The first-order valence-electron chi connectivity index (χ1n) is 12.2. The number of nitrogen functional groups attached to an aromatic ring is 1. The Morgan fingerprint density at radius 2 is 1.92 bits per heavy atom. The summed E-state index contributed by atoms with van der Waals surface area (Å²) in [5.74, 6) is -1.03. The van der Waals surface area contributed by atoms with Crippen LogP contribution in [0.3, 0.4) is 0 Å². The van der Waals surface area contributed by atoms with Crippen LogP contribution in [0.5, 0.6) is 11.6 Å². The maximum Gasteiger partial charge on any atom is 0.459 e. The van der Waals surface area contributed by atoms with E-state index in [4.69, 9.17) is 24.3 Å². The van der Waals surface area contributed by atoms with Crippen LogP contribution >= 0.6 is 7.75 Å². The number of carbonyl (C=O) groups excluding carboxylic acids is 1. The fourth-order valence-corrected chi connectivity index (χ4v) is 5.65. The molecule has 0 spiro atoms. The van der Waals surface area contributed by atoms with E-state index in [2.05, 4.69) is 15.1 Å². The molecule has 0 radical (unpaired) electrons. The first-order valence-corrected chi connectivity index (χ1v) is 13.7. The fourth-order valence-electron chi connectivity index (χ4n) is 4.06. The normalized spacial score (nSPS) is 25.5. The van der Waals surface area contributed by atoms with Gasteiger partial charge in [0.2, 0.25) is 11.8 Å². The lowest BCUT2D eigenvalue weighted by molar-refractivity contribution is -0.149. The standard InChI is InChI=1S/C24H32N5O9P/c1-13(2)36-22(33)14(3)28-39(34,38-15-8-6-5-7-9-15)35-12-24(4)18(31)17(30)21(37-24)29-11-10-16-19(29)26-23(25)27-20(16)32/h5-11,13-14,17-18,21,30-31H,12H2,1-4H3,(H,28,34)(H3,25,26,27,32)/t14-,17?,18?,21+,24+,39-/m0/s1. The topological polar surface area (TPSA) is 201 Å². The Bertz CT molecular complexity index is 1370. The van der Waals surface area contributed by atoms with Crippen molar-refractivity contribution < 1.29 is 43.2 Å². The number of esters is 1. The van der Waals surface area contributed by atoms with Gasteiger partial charge in [-0.15, -0.1) is 0 Å². The molecule has 39 heavy (non-hydrogen) atoms. The number of nitrogens with zero attached hydrogens (tertiary/aromatic N) is 3. The predicted molar refractivity (Wildman–Crippen MR) is 139 cm³/mol. The highest BCUT2D eigenvalue weighted by Crippen LogP contribution is 2.48. The monoisotopic (exact) mass is 565 g/mol. The van der Waals surface area contributed by atoms with Crippen molar-refractivity contribution in [1.82, 2.24) is 19.6 Å². The third kappa shape index (κ3) is 6.16. The van der Waals surface area contributed by atoms with Crippen molar-refractivity contribution in [2.45, 2.75) is 63.9 Å². The Balaban J connectivity index is 1.56. The van der Waals surface area contributed by atoms with Gasteiger partial charge in [0, 0.05) is 6.20 Å². The Morgan fingerprint density at radius 3 is 2.59 bits per heavy atom. The number of hydrogen-bond donors (Lipinski definition) is 5. The van der Waals surface area contributed by atoms with Gasteiger partial charge in [0.25, 0.3) is 0 Å². The average Bonchev–Trinajstić information content (AvgIpc) is 3.38. The molecule has 1 aromatic carbocycles. The van der Waals surface area contributed by atoms with Gasteiger partial charge in [0.15, 0.2) is 11.9 Å². The second kappa shape index (κ2) is 11.1. The lowest BCUT2D eigenvalue weighted by atomic mass is 9.99. The number of para-hydroxylation sites is 1. The minimum atomic E-state index is -4.27. The first kappa shape index (κ1) is 28.7. The van der Waals surface area contributed by atoms with Crippen molar-refractivity contribution in [1.29, 1.82) is 0 Å². The van der Waals surface area contributed by atoms with Crippen LogP contribution in [0.2, 0.25) is 0 Å². The number of rotatable bonds is 10. The number of hydrogen-bond acceptors (Lipinski definition) is 12. The van der Waals surface area contributed by atoms with Crippen LogP contribution in [0, 0.1) is 0 Å². The zero-order valence-corrected chi connectivity index (χ0v) is 22.7. The van der Waals surface area contributed by atoms with Crippen molar-refractivity contribution in [2.24, 2.45) is 0 Å². The van der Waals surface area contributed by atoms with Gasteiger partial charge in [-0.2, -0.15) is 15.1 Å². The van der Waals surface area contributed by atoms with Crippen LogP contribution in [0.15, 0.2) is 42.6 Å². The van der Waals surface area contributed by atoms with Gasteiger partial charge in [-0.1, -0.05) is 18.2 Å². The van der Waals surface area contributed by atoms with Gasteiger partial charge >= 0.3 is 13.7 Å². The molecular formula is C24H32N5O9P. The molecule has 212 valence electrons. The van der Waals surface area contributed by atoms with Crippen molar-refractivity contribution in [3.8, 4) is 11.6 Å². The van der Waals surface area contributed by atoms with E-state index in [1.807, 2.05) is 0 Å². The second-order valence-electron chi connectivity index (χ2n) is 9.63. The van der Waals surface area contributed by atoms with E-state index < -0.39 is 56.5 Å². The van der Waals surface area contributed by atoms with E-state index in [1.54, 1.807) is 44.2 Å². The molecular weight excluding hydrogens is 533 g/mol. The highest BCUT2D eigenvalue weighted by molar-refractivity contribution is 7.52. The lowest BCUT2D eigenvalue weighted by Gasteiger charge is -2.30. The molecule has 2 aromatic heterocycles. The maximum absolute atomic E-state index is 13.8. The number of aliphatic hydroxyl groups is 2. The third-order valence-electron chi connectivity index (χ3n) is 6.02. The highest BCUT2D eigenvalue weighted by atomic mass is 31.2. The molecule has 1 aliphatic rings. The largest absolute Gasteiger partial charge is 0.493 e. The number of ether oxygens (including phenoxy) is 2. The van der Waals surface area contributed by atoms with E-state index in [0.717, 1.165) is 0 Å². The molecule has 0 aliphatic carbocycles. The van der Waals surface area contributed by atoms with Crippen LogP contribution in [-0.4, -0.2) is 72.4 Å². The van der Waals surface area contributed by atoms with Crippen molar-refractivity contribution >= 4 is 30.7 Å². The average molecular weight is 566 g/mol. The lowest BCUT2D eigenvalue weighted by Crippen LogP contribution is -2.45. The summed E-state index contributed by atoms with van der Waals surface area (Å²) in [5, 5.41) is 34.7. The van der Waals surface area contributed by atoms with Gasteiger partial charge in [-0.05, 0) is 45.9 Å². The zero-order valence-electron chi connectivity index (χ0n) is 21.8. The quantitative estimate of drug-likeness (QED) is 0.176. The molecule has 0 bridgehead atoms. The van der Waals surface area contributed by atoms with E-state index in [1.165, 1.54) is 30.7 Å². The van der Waals surface area contributed by atoms with E-state index in [9.17, 15) is 24.7 Å². The number of fused-ring (bicyclic) bond motifs is 1. The number of aromatic nitrogens is 3. The number of aromatic hydroxyl groups is 1. The molecule has 14 nitrogen and oxygen atoms in total. The van der Waals surface area contributed by atoms with E-state index in [-0.39, 0.29) is 28.6 Å². The molecule has 3 aromatic rings. The van der Waals surface area contributed by atoms with Crippen LogP contribution in [0.4, 0.5) is 5.95 Å². The summed E-state index contributed by atoms with van der Waals surface area (Å²) in [6, 6.07) is 8.60. The van der Waals surface area contributed by atoms with Crippen LogP contribution in [0.1, 0.15) is 33.9 Å². The Hall–Kier alpha value is -3.26. The number of nitrogens with two attached hydrogens (primary N) is 1. The van der Waals surface area contributed by atoms with E-state index in [0.29, 0.717) is 0 Å². The summed E-state index contributed by atoms with van der Waals surface area (Å²) in [6.45, 7) is 5.73. The molecule has 6 N–H and O–H groups in total. The Morgan fingerprint density at radius 1 is 1.23 bits per heavy atom. The molecule has 1 aliphatic heterocycles. The smallest absolute Gasteiger partial charge is 0.459 e. The summed E-state index contributed by atoms with van der Waals surface area (Å²) < 4.78 is 37.7. The Kier molecular flexibility index (Phi) is 8.17. The molecule has 1 fully saturated rings. The number of benzene rings is 1. The second-order valence-corrected chi connectivity index (χ2v) is 11.3. The van der Waals surface area contributed by atoms with E-state index >= 15 is 0 Å². The van der Waals surface area contributed by atoms with Crippen LogP contribution in [-0.2, 0) is 23.4 Å². The van der Waals surface area contributed by atoms with Crippen LogP contribution < -0.4 is 15.3 Å². The van der Waals surface area contributed by atoms with Gasteiger partial charge in [-0.25, -0.2) is 4.57 Å². The third-order valence-corrected chi connectivity index (χ3v) is 7.65. The summed E-state index contributed by atoms with van der Waals surface area (Å²) in [7, 11) is -4.27. The molecule has 2 unspecified atom stereocenters. The van der Waals surface area contributed by atoms with Gasteiger partial charge < -0.3 is 39.6 Å². The van der Waals surface area contributed by atoms with Crippen LogP contribution in [0.25, 0.3) is 11.0 Å². The summed E-state index contributed by atoms with van der Waals surface area (Å²) in [4.78, 5) is 20.2. The Labute approximate surface area is 224 Å². The summed E-state index contributed by atoms with van der Waals surface area (Å²) in [5.41, 5.74) is 4.23. The van der Waals surface area contributed by atoms with Crippen molar-refractivity contribution in [2.75, 3.05) is 12.3 Å². The SMILES string of the molecule is CC(C)OC(=O)[C@H](C)N[P@](=O)(OC[C@@]1(C)O[C@@H](n2ccc3c(O)nc(N)nc32)C(O)C1O)Oc1ccccc1. The van der Waals surface area contributed by atoms with Crippen molar-refractivity contribution in [3.05, 3.63) is 42.6 Å². The fraction of sp³-hybridized carbons (Fsp3) is 0.458. The van der Waals surface area contributed by atoms with Gasteiger partial charge in [0.1, 0.15) is 29.6 Å². The molecule has 15 heteroatoms. The minimum absolute atomic E-state index is 0.165. The molecule has 0 amide bonds. The number of anilines is 1. The molecule has 1 saturated heterocycles. The highest BCUT2D eigenvalue weighted by Gasteiger charge is 2.53. The first-order chi connectivity index (χ1) is 18.3. The summed E-state index contributed by atoms with van der Waals surface area (Å²) >= 11 is 0. The predicted octanol–water partition coefficient (Wildman–Crippen LogP) is 1.86. The number of nitrogens with one attached hydrogen (secondary N) is 1. The maximum atomic E-state index is 13.8. The molecule has 0 saturated carbocycles. The zero-order chi connectivity index (χ0) is 28.5. The minimum Gasteiger partial charge on any atom is -0.493 e. The van der Waals surface area contributed by atoms with Crippen molar-refractivity contribution in [3.63, 3.8) is 0 Å². The molecule has 3 heterocycles. The number of aliphatic hydroxyl groups excluding tert-OH is 2. The molecule has 4 rings (SSSR count). The van der Waals surface area contributed by atoms with Gasteiger partial charge in [0.05, 0.1) is 18.1 Å². The number of carbonyl (C=O) groups is 1.